The Kier molecular flexibility index (Phi) is 3.85. The van der Waals surface area contributed by atoms with E-state index in [9.17, 15) is 9.59 Å². The van der Waals surface area contributed by atoms with Gasteiger partial charge in [0.15, 0.2) is 6.10 Å². The molecule has 0 bridgehead atoms. The first-order valence-corrected chi connectivity index (χ1v) is 6.21. The zero-order valence-corrected chi connectivity index (χ0v) is 11.0. The fraction of sp³-hybridized carbons (Fsp3) is 0.429. The van der Waals surface area contributed by atoms with E-state index in [0.29, 0.717) is 18.6 Å². The third-order valence-electron chi connectivity index (χ3n) is 3.42. The van der Waals surface area contributed by atoms with Crippen LogP contribution in [0.4, 0.5) is 0 Å². The highest BCUT2D eigenvalue weighted by Gasteiger charge is 2.35. The summed E-state index contributed by atoms with van der Waals surface area (Å²) in [5.41, 5.74) is 2.69. The number of benzene rings is 1. The second-order valence-corrected chi connectivity index (χ2v) is 4.80. The third-order valence-corrected chi connectivity index (χ3v) is 3.42. The number of aliphatic carboxylic acids is 1. The first kappa shape index (κ1) is 13.5. The van der Waals surface area contributed by atoms with E-state index in [1.807, 2.05) is 19.9 Å². The molecular formula is C14H17NO4. The Bertz CT molecular complexity index is 512. The summed E-state index contributed by atoms with van der Waals surface area (Å²) in [6, 6.07) is 4.95. The average Bonchev–Trinajstić information content (AvgIpc) is 2.80. The normalized spacial score (nSPS) is 22.2. The zero-order valence-electron chi connectivity index (χ0n) is 11.0. The number of ether oxygens (including phenoxy) is 1. The van der Waals surface area contributed by atoms with Crippen LogP contribution < -0.4 is 5.32 Å². The molecule has 0 saturated carbocycles. The van der Waals surface area contributed by atoms with E-state index in [1.54, 1.807) is 12.1 Å². The minimum Gasteiger partial charge on any atom is -0.479 e. The predicted octanol–water partition coefficient (Wildman–Crippen LogP) is 1.28. The first-order valence-electron chi connectivity index (χ1n) is 6.21. The number of hydrogen-bond donors (Lipinski definition) is 2. The lowest BCUT2D eigenvalue weighted by Gasteiger charge is -2.16. The van der Waals surface area contributed by atoms with Gasteiger partial charge in [-0.15, -0.1) is 0 Å². The van der Waals surface area contributed by atoms with Crippen LogP contribution in [-0.2, 0) is 9.53 Å². The van der Waals surface area contributed by atoms with Gasteiger partial charge in [-0.05, 0) is 43.5 Å². The summed E-state index contributed by atoms with van der Waals surface area (Å²) < 4.78 is 5.09. The Morgan fingerprint density at radius 1 is 1.32 bits per heavy atom. The van der Waals surface area contributed by atoms with Gasteiger partial charge < -0.3 is 15.2 Å². The number of amides is 1. The monoisotopic (exact) mass is 263 g/mol. The lowest BCUT2D eigenvalue weighted by molar-refractivity contribution is -0.148. The van der Waals surface area contributed by atoms with E-state index < -0.39 is 18.1 Å². The van der Waals surface area contributed by atoms with Crippen LogP contribution in [0.5, 0.6) is 0 Å². The third kappa shape index (κ3) is 2.93. The molecule has 0 aromatic heterocycles. The molecule has 1 saturated heterocycles. The molecule has 0 radical (unpaired) electrons. The highest BCUT2D eigenvalue weighted by atomic mass is 16.5. The molecule has 0 aliphatic carbocycles. The molecular weight excluding hydrogens is 246 g/mol. The molecule has 5 heteroatoms. The van der Waals surface area contributed by atoms with Gasteiger partial charge in [-0.25, -0.2) is 4.79 Å². The standard InChI is InChI=1S/C14H17NO4/c1-8-3-4-10(7-9(8)2)13(16)15-11-5-6-19-12(11)14(17)18/h3-4,7,11-12H,5-6H2,1-2H3,(H,15,16)(H,17,18)/t11-,12+/m1/s1. The zero-order chi connectivity index (χ0) is 14.0. The highest BCUT2D eigenvalue weighted by Crippen LogP contribution is 2.15. The number of carboxylic acids is 1. The molecule has 1 aromatic carbocycles. The summed E-state index contributed by atoms with van der Waals surface area (Å²) in [5, 5.41) is 11.7. The fourth-order valence-corrected chi connectivity index (χ4v) is 2.12. The number of hydrogen-bond acceptors (Lipinski definition) is 3. The van der Waals surface area contributed by atoms with Crippen molar-refractivity contribution in [2.75, 3.05) is 6.61 Å². The van der Waals surface area contributed by atoms with Crippen molar-refractivity contribution in [3.63, 3.8) is 0 Å². The van der Waals surface area contributed by atoms with E-state index in [4.69, 9.17) is 9.84 Å². The lowest BCUT2D eigenvalue weighted by atomic mass is 10.0. The second-order valence-electron chi connectivity index (χ2n) is 4.80. The van der Waals surface area contributed by atoms with E-state index in [2.05, 4.69) is 5.32 Å². The Labute approximate surface area is 111 Å². The molecule has 1 fully saturated rings. The maximum atomic E-state index is 12.1. The van der Waals surface area contributed by atoms with Crippen LogP contribution in [0.15, 0.2) is 18.2 Å². The van der Waals surface area contributed by atoms with Crippen LogP contribution >= 0.6 is 0 Å². The van der Waals surface area contributed by atoms with E-state index >= 15 is 0 Å². The van der Waals surface area contributed by atoms with Gasteiger partial charge in [0, 0.05) is 12.2 Å². The summed E-state index contributed by atoms with van der Waals surface area (Å²) in [4.78, 5) is 23.0. The number of nitrogens with one attached hydrogen (secondary N) is 1. The van der Waals surface area contributed by atoms with Crippen LogP contribution in [0.2, 0.25) is 0 Å². The van der Waals surface area contributed by atoms with Gasteiger partial charge in [0.2, 0.25) is 0 Å². The number of rotatable bonds is 3. The maximum Gasteiger partial charge on any atom is 0.334 e. The highest BCUT2D eigenvalue weighted by molar-refractivity contribution is 5.95. The van der Waals surface area contributed by atoms with Crippen LogP contribution in [0.1, 0.15) is 27.9 Å². The van der Waals surface area contributed by atoms with Crippen molar-refractivity contribution >= 4 is 11.9 Å². The van der Waals surface area contributed by atoms with E-state index in [0.717, 1.165) is 11.1 Å². The minimum absolute atomic E-state index is 0.259. The van der Waals surface area contributed by atoms with Crippen molar-refractivity contribution in [2.45, 2.75) is 32.4 Å². The Morgan fingerprint density at radius 3 is 2.68 bits per heavy atom. The smallest absolute Gasteiger partial charge is 0.334 e. The van der Waals surface area contributed by atoms with Gasteiger partial charge in [0.25, 0.3) is 5.91 Å². The molecule has 1 aromatic rings. The van der Waals surface area contributed by atoms with Crippen molar-refractivity contribution in [1.82, 2.24) is 5.32 Å². The second kappa shape index (κ2) is 5.40. The van der Waals surface area contributed by atoms with Crippen LogP contribution in [-0.4, -0.2) is 35.7 Å². The van der Waals surface area contributed by atoms with Crippen LogP contribution in [0, 0.1) is 13.8 Å². The number of carbonyl (C=O) groups is 2. The first-order chi connectivity index (χ1) is 8.99. The lowest BCUT2D eigenvalue weighted by Crippen LogP contribution is -2.44. The van der Waals surface area contributed by atoms with Gasteiger partial charge in [-0.1, -0.05) is 6.07 Å². The van der Waals surface area contributed by atoms with Crippen molar-refractivity contribution < 1.29 is 19.4 Å². The fourth-order valence-electron chi connectivity index (χ4n) is 2.12. The SMILES string of the molecule is Cc1ccc(C(=O)N[C@@H]2CCO[C@@H]2C(=O)O)cc1C. The molecule has 2 rings (SSSR count). The summed E-state index contributed by atoms with van der Waals surface area (Å²) in [5.74, 6) is -1.30. The summed E-state index contributed by atoms with van der Waals surface area (Å²) in [7, 11) is 0. The molecule has 1 aliphatic heterocycles. The van der Waals surface area contributed by atoms with Crippen LogP contribution in [0.3, 0.4) is 0 Å². The van der Waals surface area contributed by atoms with Gasteiger partial charge in [-0.2, -0.15) is 0 Å². The van der Waals surface area contributed by atoms with Crippen molar-refractivity contribution in [2.24, 2.45) is 0 Å². The molecule has 2 N–H and O–H groups in total. The molecule has 2 atom stereocenters. The summed E-state index contributed by atoms with van der Waals surface area (Å²) in [6.45, 7) is 4.27. The van der Waals surface area contributed by atoms with Crippen LogP contribution in [0.25, 0.3) is 0 Å². The predicted molar refractivity (Wildman–Crippen MR) is 69.2 cm³/mol. The number of carboxylic acid groups (broad SMARTS) is 1. The summed E-state index contributed by atoms with van der Waals surface area (Å²) in [6.07, 6.45) is -0.427. The molecule has 1 amide bonds. The summed E-state index contributed by atoms with van der Waals surface area (Å²) >= 11 is 0. The van der Waals surface area contributed by atoms with E-state index in [-0.39, 0.29) is 5.91 Å². The quantitative estimate of drug-likeness (QED) is 0.861. The molecule has 1 heterocycles. The Balaban J connectivity index is 2.08. The average molecular weight is 263 g/mol. The molecule has 1 aliphatic rings. The van der Waals surface area contributed by atoms with Crippen molar-refractivity contribution in [1.29, 1.82) is 0 Å². The minimum atomic E-state index is -1.04. The Hall–Kier alpha value is -1.88. The molecule has 5 nitrogen and oxygen atoms in total. The van der Waals surface area contributed by atoms with Gasteiger partial charge >= 0.3 is 5.97 Å². The maximum absolute atomic E-state index is 12.1. The molecule has 0 unspecified atom stereocenters. The molecule has 0 spiro atoms. The number of aryl methyl sites for hydroxylation is 2. The molecule has 19 heavy (non-hydrogen) atoms. The van der Waals surface area contributed by atoms with E-state index in [1.165, 1.54) is 0 Å². The van der Waals surface area contributed by atoms with Crippen molar-refractivity contribution in [3.05, 3.63) is 34.9 Å². The molecule has 102 valence electrons. The van der Waals surface area contributed by atoms with Gasteiger partial charge in [-0.3, -0.25) is 4.79 Å². The Morgan fingerprint density at radius 2 is 2.05 bits per heavy atom. The number of carbonyl (C=O) groups excluding carboxylic acids is 1. The topological polar surface area (TPSA) is 75.6 Å². The largest absolute Gasteiger partial charge is 0.479 e. The van der Waals surface area contributed by atoms with Gasteiger partial charge in [0.05, 0.1) is 6.04 Å². The van der Waals surface area contributed by atoms with Gasteiger partial charge in [0.1, 0.15) is 0 Å². The van der Waals surface area contributed by atoms with Crippen molar-refractivity contribution in [3.8, 4) is 0 Å².